The first-order valence-electron chi connectivity index (χ1n) is 11.6. The number of anilines is 1. The second kappa shape index (κ2) is 9.06. The van der Waals surface area contributed by atoms with Gasteiger partial charge < -0.3 is 14.6 Å². The summed E-state index contributed by atoms with van der Waals surface area (Å²) in [5, 5.41) is 0.951. The fourth-order valence-corrected chi connectivity index (χ4v) is 6.48. The molecule has 2 aliphatic heterocycles. The van der Waals surface area contributed by atoms with Gasteiger partial charge in [-0.1, -0.05) is 6.07 Å². The summed E-state index contributed by atoms with van der Waals surface area (Å²) in [4.78, 5) is 26.9. The molecule has 5 heterocycles. The highest BCUT2D eigenvalue weighted by atomic mass is 32.2. The maximum absolute atomic E-state index is 11.8. The zero-order chi connectivity index (χ0) is 24.0. The summed E-state index contributed by atoms with van der Waals surface area (Å²) in [6.07, 6.45) is 2.95. The van der Waals surface area contributed by atoms with Crippen LogP contribution in [-0.2, 0) is 21.3 Å². The van der Waals surface area contributed by atoms with Crippen LogP contribution >= 0.6 is 11.3 Å². The minimum absolute atomic E-state index is 0.500. The van der Waals surface area contributed by atoms with E-state index in [2.05, 4.69) is 19.8 Å². The number of H-pyrrole nitrogens is 1. The summed E-state index contributed by atoms with van der Waals surface area (Å²) >= 11 is 1.61. The first kappa shape index (κ1) is 22.7. The van der Waals surface area contributed by atoms with E-state index in [1.54, 1.807) is 17.7 Å². The Balaban J connectivity index is 1.36. The number of hydrogen-bond acceptors (Lipinski definition) is 10. The van der Waals surface area contributed by atoms with Gasteiger partial charge in [0.25, 0.3) is 0 Å². The van der Waals surface area contributed by atoms with Crippen LogP contribution in [0.15, 0.2) is 24.5 Å². The van der Waals surface area contributed by atoms with Crippen molar-refractivity contribution in [3.05, 3.63) is 29.5 Å². The van der Waals surface area contributed by atoms with Gasteiger partial charge in [0.2, 0.25) is 10.0 Å². The maximum Gasteiger partial charge on any atom is 0.211 e. The van der Waals surface area contributed by atoms with Gasteiger partial charge in [-0.2, -0.15) is 4.31 Å². The Morgan fingerprint density at radius 2 is 1.86 bits per heavy atom. The van der Waals surface area contributed by atoms with Crippen LogP contribution in [0.2, 0.25) is 0 Å². The Labute approximate surface area is 206 Å². The van der Waals surface area contributed by atoms with Crippen LogP contribution in [0.25, 0.3) is 32.8 Å². The number of morpholine rings is 1. The van der Waals surface area contributed by atoms with Crippen molar-refractivity contribution < 1.29 is 13.2 Å². The maximum atomic E-state index is 11.8. The highest BCUT2D eigenvalue weighted by molar-refractivity contribution is 7.88. The number of benzene rings is 1. The quantitative estimate of drug-likeness (QED) is 0.423. The number of para-hydroxylation sites is 1. The van der Waals surface area contributed by atoms with E-state index in [-0.39, 0.29) is 0 Å². The molecule has 2 saturated heterocycles. The molecule has 0 saturated carbocycles. The lowest BCUT2D eigenvalue weighted by Crippen LogP contribution is -2.47. The summed E-state index contributed by atoms with van der Waals surface area (Å²) in [6, 6.07) is 5.94. The molecule has 35 heavy (non-hydrogen) atoms. The zero-order valence-electron chi connectivity index (χ0n) is 19.3. The monoisotopic (exact) mass is 514 g/mol. The number of fused-ring (bicyclic) bond motifs is 2. The van der Waals surface area contributed by atoms with Crippen molar-refractivity contribution in [2.75, 3.05) is 63.6 Å². The lowest BCUT2D eigenvalue weighted by Gasteiger charge is -2.32. The Morgan fingerprint density at radius 3 is 2.63 bits per heavy atom. The van der Waals surface area contributed by atoms with Crippen LogP contribution in [0, 0.1) is 0 Å². The average molecular weight is 515 g/mol. The predicted molar refractivity (Wildman–Crippen MR) is 135 cm³/mol. The average Bonchev–Trinajstić information content (AvgIpc) is 3.50. The zero-order valence-corrected chi connectivity index (χ0v) is 21.0. The van der Waals surface area contributed by atoms with Gasteiger partial charge in [-0.15, -0.1) is 11.3 Å². The third-order valence-corrected chi connectivity index (χ3v) is 8.77. The summed E-state index contributed by atoms with van der Waals surface area (Å²) in [5.74, 6) is 1.49. The van der Waals surface area contributed by atoms with Gasteiger partial charge in [-0.25, -0.2) is 28.4 Å². The highest BCUT2D eigenvalue weighted by Gasteiger charge is 2.26. The number of piperazine rings is 1. The van der Waals surface area contributed by atoms with E-state index in [1.807, 2.05) is 18.2 Å². The van der Waals surface area contributed by atoms with Crippen molar-refractivity contribution in [2.45, 2.75) is 6.54 Å². The molecule has 2 aliphatic rings. The largest absolute Gasteiger partial charge is 0.378 e. The van der Waals surface area contributed by atoms with Gasteiger partial charge >= 0.3 is 0 Å². The topological polar surface area (TPSA) is 120 Å². The van der Waals surface area contributed by atoms with E-state index in [0.717, 1.165) is 45.2 Å². The molecule has 1 aromatic carbocycles. The van der Waals surface area contributed by atoms with Crippen molar-refractivity contribution in [1.29, 1.82) is 0 Å². The minimum Gasteiger partial charge on any atom is -0.378 e. The third kappa shape index (κ3) is 4.49. The summed E-state index contributed by atoms with van der Waals surface area (Å²) in [6.45, 7) is 5.86. The van der Waals surface area contributed by atoms with Crippen LogP contribution in [0.1, 0.15) is 5.01 Å². The molecule has 184 valence electrons. The molecule has 13 heteroatoms. The molecule has 0 amide bonds. The number of aromatic nitrogens is 5. The standard InChI is InChI=1S/C22H26N8O3S2/c1-35(31,32)30-7-5-28(6-8-30)13-17-25-21-19(34-17)22(29-9-11-33-12-10-29)27-20(26-21)15-3-2-4-16-18(15)24-14-23-16/h2-4,14H,5-13H2,1H3,(H,23,24). The summed E-state index contributed by atoms with van der Waals surface area (Å²) < 4.78 is 31.7. The van der Waals surface area contributed by atoms with E-state index in [1.165, 1.54) is 10.6 Å². The lowest BCUT2D eigenvalue weighted by molar-refractivity contribution is 0.122. The number of rotatable bonds is 5. The summed E-state index contributed by atoms with van der Waals surface area (Å²) in [5.41, 5.74) is 3.32. The number of aromatic amines is 1. The number of nitrogens with zero attached hydrogens (tertiary/aromatic N) is 7. The number of imidazole rings is 1. The third-order valence-electron chi connectivity index (χ3n) is 6.44. The van der Waals surface area contributed by atoms with Crippen molar-refractivity contribution >= 4 is 48.6 Å². The van der Waals surface area contributed by atoms with Crippen LogP contribution in [0.3, 0.4) is 0 Å². The normalized spacial score (nSPS) is 18.6. The van der Waals surface area contributed by atoms with Gasteiger partial charge in [0.1, 0.15) is 9.71 Å². The lowest BCUT2D eigenvalue weighted by atomic mass is 10.1. The molecule has 0 aliphatic carbocycles. The van der Waals surface area contributed by atoms with Crippen molar-refractivity contribution in [2.24, 2.45) is 0 Å². The van der Waals surface area contributed by atoms with Gasteiger partial charge in [-0.3, -0.25) is 4.90 Å². The SMILES string of the molecule is CS(=O)(=O)N1CCN(Cc2nc3nc(-c4cccc5[nH]cnc45)nc(N4CCOCC4)c3s2)CC1. The van der Waals surface area contributed by atoms with E-state index in [0.29, 0.717) is 57.4 Å². The van der Waals surface area contributed by atoms with Crippen LogP contribution < -0.4 is 4.90 Å². The molecule has 0 radical (unpaired) electrons. The van der Waals surface area contributed by atoms with Crippen LogP contribution in [0.5, 0.6) is 0 Å². The molecule has 0 bridgehead atoms. The molecule has 4 aromatic rings. The molecule has 6 rings (SSSR count). The van der Waals surface area contributed by atoms with Gasteiger partial charge in [-0.05, 0) is 12.1 Å². The molecule has 2 fully saturated rings. The molecule has 11 nitrogen and oxygen atoms in total. The smallest absolute Gasteiger partial charge is 0.211 e. The van der Waals surface area contributed by atoms with Gasteiger partial charge in [0.15, 0.2) is 17.3 Å². The Kier molecular flexibility index (Phi) is 5.89. The van der Waals surface area contributed by atoms with Gasteiger partial charge in [0.05, 0.1) is 43.4 Å². The first-order valence-corrected chi connectivity index (χ1v) is 14.2. The molecule has 0 spiro atoms. The van der Waals surface area contributed by atoms with E-state index in [4.69, 9.17) is 19.7 Å². The summed E-state index contributed by atoms with van der Waals surface area (Å²) in [7, 11) is -3.15. The van der Waals surface area contributed by atoms with Crippen LogP contribution in [0.4, 0.5) is 5.82 Å². The van der Waals surface area contributed by atoms with Crippen molar-refractivity contribution in [3.8, 4) is 11.4 Å². The van der Waals surface area contributed by atoms with Crippen LogP contribution in [-0.4, -0.2) is 101 Å². The number of ether oxygens (including phenoxy) is 1. The fraction of sp³-hybridized carbons (Fsp3) is 0.455. The molecular formula is C22H26N8O3S2. The molecule has 1 N–H and O–H groups in total. The van der Waals surface area contributed by atoms with Crippen molar-refractivity contribution in [3.63, 3.8) is 0 Å². The minimum atomic E-state index is -3.15. The van der Waals surface area contributed by atoms with Crippen molar-refractivity contribution in [1.82, 2.24) is 34.1 Å². The van der Waals surface area contributed by atoms with E-state index < -0.39 is 10.0 Å². The Morgan fingerprint density at radius 1 is 1.06 bits per heavy atom. The molecular weight excluding hydrogens is 488 g/mol. The Bertz CT molecular complexity index is 1470. The number of thiazole rings is 1. The number of hydrogen-bond donors (Lipinski definition) is 1. The number of nitrogens with one attached hydrogen (secondary N) is 1. The Hall–Kier alpha value is -2.71. The predicted octanol–water partition coefficient (Wildman–Crippen LogP) is 1.54. The van der Waals surface area contributed by atoms with E-state index >= 15 is 0 Å². The molecule has 0 unspecified atom stereocenters. The molecule has 3 aromatic heterocycles. The molecule has 0 atom stereocenters. The second-order valence-electron chi connectivity index (χ2n) is 8.77. The van der Waals surface area contributed by atoms with Gasteiger partial charge in [0, 0.05) is 44.8 Å². The second-order valence-corrected chi connectivity index (χ2v) is 11.8. The van der Waals surface area contributed by atoms with E-state index in [9.17, 15) is 8.42 Å². The first-order chi connectivity index (χ1) is 17.0. The highest BCUT2D eigenvalue weighted by Crippen LogP contribution is 2.34. The number of sulfonamides is 1. The fourth-order valence-electron chi connectivity index (χ4n) is 4.59.